The summed E-state index contributed by atoms with van der Waals surface area (Å²) in [5, 5.41) is 11.3. The number of rotatable bonds is 7. The molecule has 0 bridgehead atoms. The second-order valence-electron chi connectivity index (χ2n) is 8.65. The number of amides is 1. The van der Waals surface area contributed by atoms with Gasteiger partial charge in [0.25, 0.3) is 11.7 Å². The quantitative estimate of drug-likeness (QED) is 0.267. The molecule has 3 aromatic rings. The third kappa shape index (κ3) is 4.78. The van der Waals surface area contributed by atoms with Crippen LogP contribution in [-0.2, 0) is 9.59 Å². The van der Waals surface area contributed by atoms with Crippen LogP contribution in [0.4, 0.5) is 5.69 Å². The van der Waals surface area contributed by atoms with Crippen LogP contribution in [0.3, 0.4) is 0 Å². The lowest BCUT2D eigenvalue weighted by Crippen LogP contribution is -2.29. The van der Waals surface area contributed by atoms with Crippen molar-refractivity contribution in [3.05, 3.63) is 95.1 Å². The van der Waals surface area contributed by atoms with Crippen molar-refractivity contribution < 1.29 is 24.2 Å². The van der Waals surface area contributed by atoms with Crippen LogP contribution in [0.2, 0.25) is 0 Å². The number of aliphatic hydroxyl groups is 1. The van der Waals surface area contributed by atoms with Crippen molar-refractivity contribution in [3.8, 4) is 11.5 Å². The minimum atomic E-state index is -0.777. The maximum Gasteiger partial charge on any atom is 0.300 e. The van der Waals surface area contributed by atoms with Crippen LogP contribution in [0, 0.1) is 6.92 Å². The first kappa shape index (κ1) is 24.1. The molecule has 180 valence electrons. The summed E-state index contributed by atoms with van der Waals surface area (Å²) in [6.07, 6.45) is 0.00525. The van der Waals surface area contributed by atoms with Gasteiger partial charge in [0.2, 0.25) is 0 Å². The predicted octanol–water partition coefficient (Wildman–Crippen LogP) is 5.81. The van der Waals surface area contributed by atoms with Crippen molar-refractivity contribution in [2.45, 2.75) is 39.8 Å². The van der Waals surface area contributed by atoms with Crippen LogP contribution in [0.15, 0.2) is 78.4 Å². The van der Waals surface area contributed by atoms with Crippen LogP contribution in [-0.4, -0.2) is 29.5 Å². The minimum Gasteiger partial charge on any atom is -0.507 e. The predicted molar refractivity (Wildman–Crippen MR) is 136 cm³/mol. The van der Waals surface area contributed by atoms with Crippen molar-refractivity contribution in [1.82, 2.24) is 0 Å². The van der Waals surface area contributed by atoms with E-state index in [1.54, 1.807) is 42.5 Å². The Balaban J connectivity index is 1.84. The van der Waals surface area contributed by atoms with Gasteiger partial charge < -0.3 is 14.6 Å². The van der Waals surface area contributed by atoms with Gasteiger partial charge in [0.15, 0.2) is 0 Å². The number of ether oxygens (including phenoxy) is 2. The molecule has 0 radical (unpaired) electrons. The fourth-order valence-corrected chi connectivity index (χ4v) is 4.26. The van der Waals surface area contributed by atoms with E-state index >= 15 is 0 Å². The first-order chi connectivity index (χ1) is 16.8. The van der Waals surface area contributed by atoms with E-state index in [2.05, 4.69) is 0 Å². The highest BCUT2D eigenvalue weighted by atomic mass is 16.5. The van der Waals surface area contributed by atoms with E-state index in [4.69, 9.17) is 9.47 Å². The lowest BCUT2D eigenvalue weighted by atomic mass is 9.94. The van der Waals surface area contributed by atoms with E-state index in [1.807, 2.05) is 58.0 Å². The van der Waals surface area contributed by atoms with Crippen molar-refractivity contribution >= 4 is 23.1 Å². The van der Waals surface area contributed by atoms with Gasteiger partial charge >= 0.3 is 0 Å². The number of nitrogens with zero attached hydrogens (tertiary/aromatic N) is 1. The van der Waals surface area contributed by atoms with Crippen LogP contribution >= 0.6 is 0 Å². The molecule has 1 saturated heterocycles. The van der Waals surface area contributed by atoms with Crippen molar-refractivity contribution in [1.29, 1.82) is 0 Å². The highest BCUT2D eigenvalue weighted by molar-refractivity contribution is 6.51. The Morgan fingerprint density at radius 2 is 1.69 bits per heavy atom. The molecule has 0 aromatic heterocycles. The Morgan fingerprint density at radius 3 is 2.29 bits per heavy atom. The number of hydrogen-bond donors (Lipinski definition) is 1. The molecule has 4 rings (SSSR count). The fraction of sp³-hybridized carbons (Fsp3) is 0.241. The zero-order chi connectivity index (χ0) is 25.1. The Labute approximate surface area is 205 Å². The van der Waals surface area contributed by atoms with E-state index in [1.165, 1.54) is 4.90 Å². The van der Waals surface area contributed by atoms with Gasteiger partial charge in [0.1, 0.15) is 17.3 Å². The summed E-state index contributed by atoms with van der Waals surface area (Å²) >= 11 is 0. The Hall–Kier alpha value is -4.06. The number of Topliss-reactive ketones (excluding diaryl/α,β-unsaturated/α-hetero) is 1. The maximum atomic E-state index is 13.3. The molecule has 1 unspecified atom stereocenters. The Morgan fingerprint density at radius 1 is 1.00 bits per heavy atom. The van der Waals surface area contributed by atoms with Gasteiger partial charge in [-0.05, 0) is 81.3 Å². The SMILES string of the molecule is CCOc1ccc(N2C(=O)C(=O)/C(=C(\O)c3ccc(OC(C)C)c(C)c3)C2c2ccccc2)cc1. The third-order valence-electron chi connectivity index (χ3n) is 5.80. The van der Waals surface area contributed by atoms with Crippen molar-refractivity contribution in [2.75, 3.05) is 11.5 Å². The summed E-state index contributed by atoms with van der Waals surface area (Å²) in [6.45, 7) is 8.17. The van der Waals surface area contributed by atoms with E-state index in [0.717, 1.165) is 11.1 Å². The van der Waals surface area contributed by atoms with Gasteiger partial charge in [-0.3, -0.25) is 14.5 Å². The molecule has 0 spiro atoms. The number of carbonyl (C=O) groups is 2. The standard InChI is InChI=1S/C29H29NO5/c1-5-34-23-14-12-22(13-15-23)30-26(20-9-7-6-8-10-20)25(28(32)29(30)33)27(31)21-11-16-24(19(4)17-21)35-18(2)3/h6-18,26,31H,5H2,1-4H3/b27-25-. The second-order valence-corrected chi connectivity index (χ2v) is 8.65. The number of ketones is 1. The molecular weight excluding hydrogens is 442 g/mol. The summed E-state index contributed by atoms with van der Waals surface area (Å²) in [5.74, 6) is -0.273. The van der Waals surface area contributed by atoms with E-state index in [-0.39, 0.29) is 17.4 Å². The zero-order valence-electron chi connectivity index (χ0n) is 20.3. The van der Waals surface area contributed by atoms with Gasteiger partial charge in [-0.1, -0.05) is 30.3 Å². The topological polar surface area (TPSA) is 76.1 Å². The highest BCUT2D eigenvalue weighted by Crippen LogP contribution is 2.42. The van der Waals surface area contributed by atoms with Crippen molar-refractivity contribution in [3.63, 3.8) is 0 Å². The summed E-state index contributed by atoms with van der Waals surface area (Å²) in [7, 11) is 0. The van der Waals surface area contributed by atoms with Gasteiger partial charge in [0.05, 0.1) is 24.3 Å². The lowest BCUT2D eigenvalue weighted by Gasteiger charge is -2.25. The van der Waals surface area contributed by atoms with Crippen LogP contribution < -0.4 is 14.4 Å². The highest BCUT2D eigenvalue weighted by Gasteiger charge is 2.46. The molecule has 35 heavy (non-hydrogen) atoms. The molecule has 1 aliphatic heterocycles. The monoisotopic (exact) mass is 471 g/mol. The molecule has 1 N–H and O–H groups in total. The zero-order valence-corrected chi connectivity index (χ0v) is 20.3. The number of hydrogen-bond acceptors (Lipinski definition) is 5. The van der Waals surface area contributed by atoms with Crippen LogP contribution in [0.25, 0.3) is 5.76 Å². The molecule has 1 aliphatic rings. The lowest BCUT2D eigenvalue weighted by molar-refractivity contribution is -0.132. The summed E-state index contributed by atoms with van der Waals surface area (Å²) in [4.78, 5) is 28.0. The molecule has 1 atom stereocenters. The van der Waals surface area contributed by atoms with Gasteiger partial charge in [0, 0.05) is 11.3 Å². The van der Waals surface area contributed by atoms with Crippen molar-refractivity contribution in [2.24, 2.45) is 0 Å². The molecular formula is C29H29NO5. The molecule has 6 nitrogen and oxygen atoms in total. The number of anilines is 1. The minimum absolute atomic E-state index is 0.00525. The van der Waals surface area contributed by atoms with Crippen LogP contribution in [0.5, 0.6) is 11.5 Å². The van der Waals surface area contributed by atoms with Gasteiger partial charge in [-0.2, -0.15) is 0 Å². The molecule has 6 heteroatoms. The summed E-state index contributed by atoms with van der Waals surface area (Å²) in [6, 6.07) is 20.7. The fourth-order valence-electron chi connectivity index (χ4n) is 4.26. The molecule has 0 saturated carbocycles. The first-order valence-electron chi connectivity index (χ1n) is 11.7. The second kappa shape index (κ2) is 10.1. The first-order valence-corrected chi connectivity index (χ1v) is 11.7. The maximum absolute atomic E-state index is 13.3. The smallest absolute Gasteiger partial charge is 0.300 e. The van der Waals surface area contributed by atoms with Gasteiger partial charge in [-0.15, -0.1) is 0 Å². The van der Waals surface area contributed by atoms with E-state index in [9.17, 15) is 14.7 Å². The van der Waals surface area contributed by atoms with Gasteiger partial charge in [-0.25, -0.2) is 0 Å². The average Bonchev–Trinajstić information content (AvgIpc) is 3.11. The Bertz CT molecular complexity index is 1260. The third-order valence-corrected chi connectivity index (χ3v) is 5.80. The molecule has 0 aliphatic carbocycles. The number of benzene rings is 3. The van der Waals surface area contributed by atoms with E-state index < -0.39 is 17.7 Å². The molecule has 3 aromatic carbocycles. The number of aliphatic hydroxyl groups excluding tert-OH is 1. The molecule has 1 heterocycles. The Kier molecular flexibility index (Phi) is 6.92. The number of aryl methyl sites for hydroxylation is 1. The number of carbonyl (C=O) groups excluding carboxylic acids is 2. The summed E-state index contributed by atoms with van der Waals surface area (Å²) in [5.41, 5.74) is 2.58. The average molecular weight is 472 g/mol. The molecule has 1 amide bonds. The molecule has 1 fully saturated rings. The largest absolute Gasteiger partial charge is 0.507 e. The summed E-state index contributed by atoms with van der Waals surface area (Å²) < 4.78 is 11.3. The van der Waals surface area contributed by atoms with Crippen LogP contribution in [0.1, 0.15) is 43.5 Å². The normalized spacial score (nSPS) is 17.2. The van der Waals surface area contributed by atoms with E-state index in [0.29, 0.717) is 29.4 Å².